The Kier molecular flexibility index (Phi) is 4.77. The molecule has 0 spiro atoms. The maximum Gasteiger partial charge on any atom is 0.0642 e. The van der Waals surface area contributed by atoms with Gasteiger partial charge in [0.25, 0.3) is 0 Å². The summed E-state index contributed by atoms with van der Waals surface area (Å²) in [7, 11) is 0. The Morgan fingerprint density at radius 2 is 1.52 bits per heavy atom. The van der Waals surface area contributed by atoms with E-state index in [2.05, 4.69) is 72.9 Å². The number of hydrogen-bond acceptors (Lipinski definition) is 3. The quantitative estimate of drug-likeness (QED) is 0.644. The molecule has 2 aromatic rings. The summed E-state index contributed by atoms with van der Waals surface area (Å²) in [5.41, 5.74) is 3.37. The molecule has 2 aromatic carbocycles. The number of hydrogen-bond donors (Lipinski definition) is 2. The van der Waals surface area contributed by atoms with Crippen LogP contribution in [0.5, 0.6) is 0 Å². The molecule has 1 aliphatic rings. The first-order chi connectivity index (χ1) is 11.2. The van der Waals surface area contributed by atoms with Crippen molar-refractivity contribution in [2.45, 2.75) is 32.4 Å². The summed E-state index contributed by atoms with van der Waals surface area (Å²) in [6.07, 6.45) is 0.743. The predicted octanol–water partition coefficient (Wildman–Crippen LogP) is 4.56. The summed E-state index contributed by atoms with van der Waals surface area (Å²) >= 11 is 0. The van der Waals surface area contributed by atoms with E-state index in [1.54, 1.807) is 0 Å². The third-order valence-corrected chi connectivity index (χ3v) is 4.75. The van der Waals surface area contributed by atoms with Crippen LogP contribution < -0.4 is 5.32 Å². The molecule has 0 aliphatic carbocycles. The van der Waals surface area contributed by atoms with Gasteiger partial charge in [-0.25, -0.2) is 0 Å². The van der Waals surface area contributed by atoms with Crippen molar-refractivity contribution in [3.8, 4) is 0 Å². The minimum absolute atomic E-state index is 0.154. The summed E-state index contributed by atoms with van der Waals surface area (Å²) in [6, 6.07) is 21.2. The van der Waals surface area contributed by atoms with E-state index < -0.39 is 0 Å². The van der Waals surface area contributed by atoms with Crippen molar-refractivity contribution < 1.29 is 5.21 Å². The SMILES string of the molecule is CC(C)[C@H]1/C(=N/O)C[C@@H](c2ccccc2)N[C@H]1c1ccccc1. The van der Waals surface area contributed by atoms with Crippen LogP contribution in [0, 0.1) is 11.8 Å². The van der Waals surface area contributed by atoms with Gasteiger partial charge in [-0.1, -0.05) is 79.7 Å². The Labute approximate surface area is 138 Å². The molecule has 2 N–H and O–H groups in total. The number of nitrogens with zero attached hydrogens (tertiary/aromatic N) is 1. The van der Waals surface area contributed by atoms with Crippen molar-refractivity contribution in [3.63, 3.8) is 0 Å². The summed E-state index contributed by atoms with van der Waals surface area (Å²) in [4.78, 5) is 0. The van der Waals surface area contributed by atoms with Gasteiger partial charge in [0.1, 0.15) is 0 Å². The Bertz CT molecular complexity index is 652. The number of oxime groups is 1. The van der Waals surface area contributed by atoms with E-state index in [4.69, 9.17) is 0 Å². The van der Waals surface area contributed by atoms with Crippen molar-refractivity contribution >= 4 is 5.71 Å². The molecule has 0 radical (unpaired) electrons. The second kappa shape index (κ2) is 6.97. The Hall–Kier alpha value is -2.13. The van der Waals surface area contributed by atoms with E-state index >= 15 is 0 Å². The van der Waals surface area contributed by atoms with Crippen LogP contribution in [0.4, 0.5) is 0 Å². The number of benzene rings is 2. The molecular formula is C20H24N2O. The van der Waals surface area contributed by atoms with Crippen LogP contribution >= 0.6 is 0 Å². The fourth-order valence-corrected chi connectivity index (χ4v) is 3.66. The number of nitrogens with one attached hydrogen (secondary N) is 1. The van der Waals surface area contributed by atoms with E-state index in [0.717, 1.165) is 12.1 Å². The van der Waals surface area contributed by atoms with Gasteiger partial charge in [0.05, 0.1) is 5.71 Å². The maximum atomic E-state index is 9.60. The zero-order chi connectivity index (χ0) is 16.2. The molecule has 0 amide bonds. The zero-order valence-electron chi connectivity index (χ0n) is 13.7. The first-order valence-electron chi connectivity index (χ1n) is 8.27. The molecule has 0 saturated carbocycles. The molecule has 3 atom stereocenters. The van der Waals surface area contributed by atoms with Gasteiger partial charge in [-0.2, -0.15) is 0 Å². The molecule has 3 heteroatoms. The van der Waals surface area contributed by atoms with Gasteiger partial charge in [0.2, 0.25) is 0 Å². The largest absolute Gasteiger partial charge is 0.411 e. The summed E-state index contributed by atoms with van der Waals surface area (Å²) < 4.78 is 0. The first-order valence-corrected chi connectivity index (χ1v) is 8.27. The Balaban J connectivity index is 1.98. The van der Waals surface area contributed by atoms with Crippen LogP contribution in [-0.4, -0.2) is 10.9 Å². The van der Waals surface area contributed by atoms with Crippen LogP contribution in [0.3, 0.4) is 0 Å². The van der Waals surface area contributed by atoms with Gasteiger partial charge in [0.15, 0.2) is 0 Å². The highest BCUT2D eigenvalue weighted by Crippen LogP contribution is 2.39. The second-order valence-electron chi connectivity index (χ2n) is 6.58. The van der Waals surface area contributed by atoms with Crippen LogP contribution in [0.15, 0.2) is 65.8 Å². The van der Waals surface area contributed by atoms with Crippen molar-refractivity contribution in [2.75, 3.05) is 0 Å². The molecule has 3 nitrogen and oxygen atoms in total. The molecule has 23 heavy (non-hydrogen) atoms. The summed E-state index contributed by atoms with van der Waals surface area (Å²) in [5.74, 6) is 0.595. The first kappa shape index (κ1) is 15.8. The molecular weight excluding hydrogens is 284 g/mol. The average molecular weight is 308 g/mol. The maximum absolute atomic E-state index is 9.60. The third-order valence-electron chi connectivity index (χ3n) is 4.75. The Morgan fingerprint density at radius 3 is 2.04 bits per heavy atom. The standard InChI is InChI=1S/C20H24N2O/c1-14(2)19-18(22-23)13-17(15-9-5-3-6-10-15)21-20(19)16-11-7-4-8-12-16/h3-12,14,17,19-21,23H,13H2,1-2H3/b22-18+/t17-,19-,20-/m0/s1. The van der Waals surface area contributed by atoms with Crippen molar-refractivity contribution in [2.24, 2.45) is 17.0 Å². The molecule has 3 rings (SSSR count). The lowest BCUT2D eigenvalue weighted by Crippen LogP contribution is -2.44. The van der Waals surface area contributed by atoms with E-state index in [1.807, 2.05) is 12.1 Å². The van der Waals surface area contributed by atoms with Crippen LogP contribution in [0.25, 0.3) is 0 Å². The lowest BCUT2D eigenvalue weighted by atomic mass is 9.75. The fourth-order valence-electron chi connectivity index (χ4n) is 3.66. The van der Waals surface area contributed by atoms with Crippen molar-refractivity contribution in [3.05, 3.63) is 71.8 Å². The minimum Gasteiger partial charge on any atom is -0.411 e. The van der Waals surface area contributed by atoms with E-state index in [9.17, 15) is 5.21 Å². The fraction of sp³-hybridized carbons (Fsp3) is 0.350. The number of rotatable bonds is 3. The van der Waals surface area contributed by atoms with E-state index in [0.29, 0.717) is 5.92 Å². The van der Waals surface area contributed by atoms with Gasteiger partial charge in [0, 0.05) is 24.4 Å². The molecule has 1 heterocycles. The van der Waals surface area contributed by atoms with Gasteiger partial charge in [-0.3, -0.25) is 0 Å². The molecule has 0 aromatic heterocycles. The normalized spacial score (nSPS) is 26.6. The van der Waals surface area contributed by atoms with E-state index in [1.165, 1.54) is 11.1 Å². The monoisotopic (exact) mass is 308 g/mol. The van der Waals surface area contributed by atoms with Crippen molar-refractivity contribution in [1.82, 2.24) is 5.32 Å². The lowest BCUT2D eigenvalue weighted by Gasteiger charge is -2.40. The highest BCUT2D eigenvalue weighted by molar-refractivity contribution is 5.89. The second-order valence-corrected chi connectivity index (χ2v) is 6.58. The highest BCUT2D eigenvalue weighted by atomic mass is 16.4. The number of piperidine rings is 1. The molecule has 1 saturated heterocycles. The van der Waals surface area contributed by atoms with Crippen LogP contribution in [-0.2, 0) is 0 Å². The van der Waals surface area contributed by atoms with E-state index in [-0.39, 0.29) is 18.0 Å². The molecule has 1 fully saturated rings. The van der Waals surface area contributed by atoms with Gasteiger partial charge < -0.3 is 10.5 Å². The topological polar surface area (TPSA) is 44.6 Å². The molecule has 1 aliphatic heterocycles. The Morgan fingerprint density at radius 1 is 0.957 bits per heavy atom. The molecule has 0 unspecified atom stereocenters. The van der Waals surface area contributed by atoms with Gasteiger partial charge >= 0.3 is 0 Å². The molecule has 120 valence electrons. The highest BCUT2D eigenvalue weighted by Gasteiger charge is 2.38. The lowest BCUT2D eigenvalue weighted by molar-refractivity contribution is 0.263. The zero-order valence-corrected chi connectivity index (χ0v) is 13.7. The predicted molar refractivity (Wildman–Crippen MR) is 93.7 cm³/mol. The third kappa shape index (κ3) is 3.30. The summed E-state index contributed by atoms with van der Waals surface area (Å²) in [6.45, 7) is 4.38. The van der Waals surface area contributed by atoms with Crippen LogP contribution in [0.1, 0.15) is 43.5 Å². The van der Waals surface area contributed by atoms with Crippen LogP contribution in [0.2, 0.25) is 0 Å². The van der Waals surface area contributed by atoms with Gasteiger partial charge in [-0.05, 0) is 17.0 Å². The minimum atomic E-state index is 0.154. The smallest absolute Gasteiger partial charge is 0.0642 e. The summed E-state index contributed by atoms with van der Waals surface area (Å²) in [5, 5.41) is 17.1. The van der Waals surface area contributed by atoms with Gasteiger partial charge in [-0.15, -0.1) is 0 Å². The molecule has 0 bridgehead atoms. The average Bonchev–Trinajstić information content (AvgIpc) is 2.62. The van der Waals surface area contributed by atoms with Crippen molar-refractivity contribution in [1.29, 1.82) is 0 Å².